The van der Waals surface area contributed by atoms with Gasteiger partial charge in [-0.3, -0.25) is 19.2 Å². The zero-order chi connectivity index (χ0) is 22.5. The summed E-state index contributed by atoms with van der Waals surface area (Å²) in [5.74, 6) is -1.89. The van der Waals surface area contributed by atoms with Gasteiger partial charge in [0.05, 0.1) is 5.92 Å². The highest BCUT2D eigenvalue weighted by Gasteiger charge is 2.37. The fourth-order valence-electron chi connectivity index (χ4n) is 3.38. The number of anilines is 2. The van der Waals surface area contributed by atoms with E-state index < -0.39 is 23.9 Å². The maximum Gasteiger partial charge on any atom is 0.312 e. The summed E-state index contributed by atoms with van der Waals surface area (Å²) in [4.78, 5) is 50.2. The number of ether oxygens (including phenoxy) is 1. The SMILES string of the molecule is CCc1ccc(N2C[C@H](C(=O)O[C@@H](C)C(=O)Nc3ccc(C(C)=O)cc3)CC2=O)cc1. The molecule has 1 saturated heterocycles. The molecule has 0 spiro atoms. The Morgan fingerprint density at radius 1 is 1.10 bits per heavy atom. The zero-order valence-corrected chi connectivity index (χ0v) is 17.9. The highest BCUT2D eigenvalue weighted by atomic mass is 16.5. The maximum absolute atomic E-state index is 12.5. The number of nitrogens with one attached hydrogen (secondary N) is 1. The number of Topliss-reactive ketones (excluding diaryl/α,β-unsaturated/α-hetero) is 1. The fourth-order valence-corrected chi connectivity index (χ4v) is 3.38. The lowest BCUT2D eigenvalue weighted by Crippen LogP contribution is -2.33. The van der Waals surface area contributed by atoms with Crippen molar-refractivity contribution in [1.82, 2.24) is 0 Å². The van der Waals surface area contributed by atoms with E-state index in [-0.39, 0.29) is 24.7 Å². The summed E-state index contributed by atoms with van der Waals surface area (Å²) in [5.41, 5.74) is 2.95. The molecule has 1 N–H and O–H groups in total. The normalized spacial score (nSPS) is 16.7. The van der Waals surface area contributed by atoms with Gasteiger partial charge in [-0.05, 0) is 62.2 Å². The highest BCUT2D eigenvalue weighted by molar-refractivity contribution is 6.00. The summed E-state index contributed by atoms with van der Waals surface area (Å²) in [6.45, 7) is 5.23. The van der Waals surface area contributed by atoms with Gasteiger partial charge in [0, 0.05) is 29.9 Å². The molecule has 7 heteroatoms. The molecule has 0 radical (unpaired) electrons. The average Bonchev–Trinajstić information content (AvgIpc) is 3.15. The van der Waals surface area contributed by atoms with Crippen LogP contribution in [0.5, 0.6) is 0 Å². The average molecular weight is 422 g/mol. The Morgan fingerprint density at radius 3 is 2.32 bits per heavy atom. The molecule has 1 fully saturated rings. The zero-order valence-electron chi connectivity index (χ0n) is 17.9. The number of ketones is 1. The van der Waals surface area contributed by atoms with Gasteiger partial charge in [0.25, 0.3) is 5.91 Å². The molecule has 1 aliphatic heterocycles. The van der Waals surface area contributed by atoms with E-state index in [4.69, 9.17) is 4.74 Å². The molecule has 7 nitrogen and oxygen atoms in total. The molecule has 1 aliphatic rings. The topological polar surface area (TPSA) is 92.8 Å². The smallest absolute Gasteiger partial charge is 0.312 e. The molecule has 3 rings (SSSR count). The lowest BCUT2D eigenvalue weighted by Gasteiger charge is -2.18. The molecule has 0 unspecified atom stereocenters. The predicted molar refractivity (Wildman–Crippen MR) is 117 cm³/mol. The molecule has 0 aromatic heterocycles. The van der Waals surface area contributed by atoms with Crippen LogP contribution in [0.1, 0.15) is 43.1 Å². The number of hydrogen-bond donors (Lipinski definition) is 1. The Labute approximate surface area is 181 Å². The molecular formula is C24H26N2O5. The molecular weight excluding hydrogens is 396 g/mol. The number of hydrogen-bond acceptors (Lipinski definition) is 5. The van der Waals surface area contributed by atoms with Crippen molar-refractivity contribution in [3.8, 4) is 0 Å². The van der Waals surface area contributed by atoms with Gasteiger partial charge in [0.15, 0.2) is 11.9 Å². The van der Waals surface area contributed by atoms with Crippen molar-refractivity contribution in [2.24, 2.45) is 5.92 Å². The number of benzene rings is 2. The third-order valence-corrected chi connectivity index (χ3v) is 5.34. The van der Waals surface area contributed by atoms with Crippen LogP contribution in [0.15, 0.2) is 48.5 Å². The lowest BCUT2D eigenvalue weighted by atomic mass is 10.1. The van der Waals surface area contributed by atoms with Crippen LogP contribution in [0.2, 0.25) is 0 Å². The molecule has 0 aliphatic carbocycles. The summed E-state index contributed by atoms with van der Waals surface area (Å²) in [7, 11) is 0. The summed E-state index contributed by atoms with van der Waals surface area (Å²) >= 11 is 0. The lowest BCUT2D eigenvalue weighted by molar-refractivity contribution is -0.157. The fraction of sp³-hybridized carbons (Fsp3) is 0.333. The van der Waals surface area contributed by atoms with Crippen LogP contribution in [0.3, 0.4) is 0 Å². The van der Waals surface area contributed by atoms with Crippen molar-refractivity contribution in [1.29, 1.82) is 0 Å². The van der Waals surface area contributed by atoms with Gasteiger partial charge in [-0.1, -0.05) is 19.1 Å². The van der Waals surface area contributed by atoms with Crippen molar-refractivity contribution >= 4 is 34.9 Å². The Hall–Kier alpha value is -3.48. The third-order valence-electron chi connectivity index (χ3n) is 5.34. The van der Waals surface area contributed by atoms with E-state index in [1.807, 2.05) is 24.3 Å². The van der Waals surface area contributed by atoms with E-state index in [9.17, 15) is 19.2 Å². The van der Waals surface area contributed by atoms with Crippen molar-refractivity contribution in [2.45, 2.75) is 39.7 Å². The Kier molecular flexibility index (Phi) is 6.84. The van der Waals surface area contributed by atoms with Gasteiger partial charge in [-0.25, -0.2) is 0 Å². The van der Waals surface area contributed by atoms with E-state index in [0.717, 1.165) is 12.1 Å². The first-order valence-electron chi connectivity index (χ1n) is 10.3. The van der Waals surface area contributed by atoms with Crippen LogP contribution >= 0.6 is 0 Å². The minimum atomic E-state index is -1.02. The first kappa shape index (κ1) is 22.2. The standard InChI is InChI=1S/C24H26N2O5/c1-4-17-5-11-21(12-6-17)26-14-19(13-22(26)28)24(30)31-16(3)23(29)25-20-9-7-18(8-10-20)15(2)27/h5-12,16,19H,4,13-14H2,1-3H3,(H,25,29)/t16-,19+/m0/s1. The number of carbonyl (C=O) groups is 4. The summed E-state index contributed by atoms with van der Waals surface area (Å²) in [6.07, 6.45) is -0.0628. The third kappa shape index (κ3) is 5.36. The van der Waals surface area contributed by atoms with Crippen molar-refractivity contribution in [3.05, 3.63) is 59.7 Å². The summed E-state index contributed by atoms with van der Waals surface area (Å²) in [6, 6.07) is 14.1. The molecule has 0 bridgehead atoms. The Bertz CT molecular complexity index is 982. The predicted octanol–water partition coefficient (Wildman–Crippen LogP) is 3.37. The largest absolute Gasteiger partial charge is 0.452 e. The monoisotopic (exact) mass is 422 g/mol. The number of rotatable bonds is 7. The molecule has 0 saturated carbocycles. The van der Waals surface area contributed by atoms with E-state index in [1.165, 1.54) is 19.4 Å². The van der Waals surface area contributed by atoms with Gasteiger partial charge in [-0.15, -0.1) is 0 Å². The second-order valence-electron chi connectivity index (χ2n) is 7.63. The van der Waals surface area contributed by atoms with Crippen LogP contribution < -0.4 is 10.2 Å². The van der Waals surface area contributed by atoms with Gasteiger partial charge >= 0.3 is 5.97 Å². The molecule has 1 heterocycles. The quantitative estimate of drug-likeness (QED) is 0.545. The van der Waals surface area contributed by atoms with Crippen LogP contribution in [0, 0.1) is 5.92 Å². The molecule has 2 aromatic rings. The number of esters is 1. The van der Waals surface area contributed by atoms with Crippen molar-refractivity contribution < 1.29 is 23.9 Å². The number of carbonyl (C=O) groups excluding carboxylic acids is 4. The number of nitrogens with zero attached hydrogens (tertiary/aromatic N) is 1. The molecule has 2 atom stereocenters. The van der Waals surface area contributed by atoms with Gasteiger partial charge in [0.1, 0.15) is 0 Å². The van der Waals surface area contributed by atoms with Gasteiger partial charge in [0.2, 0.25) is 5.91 Å². The van der Waals surface area contributed by atoms with Gasteiger partial charge < -0.3 is 15.0 Å². The minimum absolute atomic E-state index is 0.0508. The Balaban J connectivity index is 1.55. The Morgan fingerprint density at radius 2 is 1.74 bits per heavy atom. The summed E-state index contributed by atoms with van der Waals surface area (Å²) in [5, 5.41) is 2.65. The minimum Gasteiger partial charge on any atom is -0.452 e. The molecule has 162 valence electrons. The van der Waals surface area contributed by atoms with E-state index >= 15 is 0 Å². The van der Waals surface area contributed by atoms with E-state index in [1.54, 1.807) is 29.2 Å². The maximum atomic E-state index is 12.5. The van der Waals surface area contributed by atoms with Crippen LogP contribution in [-0.2, 0) is 25.5 Å². The van der Waals surface area contributed by atoms with Gasteiger partial charge in [-0.2, -0.15) is 0 Å². The van der Waals surface area contributed by atoms with E-state index in [2.05, 4.69) is 12.2 Å². The first-order chi connectivity index (χ1) is 14.8. The molecule has 2 aromatic carbocycles. The van der Waals surface area contributed by atoms with Crippen molar-refractivity contribution in [2.75, 3.05) is 16.8 Å². The first-order valence-corrected chi connectivity index (χ1v) is 10.3. The molecule has 2 amide bonds. The molecule has 31 heavy (non-hydrogen) atoms. The van der Waals surface area contributed by atoms with Crippen LogP contribution in [0.4, 0.5) is 11.4 Å². The highest BCUT2D eigenvalue weighted by Crippen LogP contribution is 2.26. The van der Waals surface area contributed by atoms with E-state index in [0.29, 0.717) is 11.3 Å². The summed E-state index contributed by atoms with van der Waals surface area (Å²) < 4.78 is 5.32. The van der Waals surface area contributed by atoms with Crippen LogP contribution in [-0.4, -0.2) is 36.2 Å². The van der Waals surface area contributed by atoms with Crippen molar-refractivity contribution in [3.63, 3.8) is 0 Å². The van der Waals surface area contributed by atoms with Crippen LogP contribution in [0.25, 0.3) is 0 Å². The second-order valence-corrected chi connectivity index (χ2v) is 7.63. The number of aryl methyl sites for hydroxylation is 1. The number of amides is 2. The second kappa shape index (κ2) is 9.55.